The van der Waals surface area contributed by atoms with Crippen molar-refractivity contribution in [2.45, 2.75) is 46.1 Å². The summed E-state index contributed by atoms with van der Waals surface area (Å²) in [6, 6.07) is 14.9. The summed E-state index contributed by atoms with van der Waals surface area (Å²) < 4.78 is 0. The van der Waals surface area contributed by atoms with Crippen LogP contribution in [0.4, 0.5) is 11.4 Å². The van der Waals surface area contributed by atoms with E-state index < -0.39 is 6.04 Å². The van der Waals surface area contributed by atoms with Crippen molar-refractivity contribution in [1.29, 1.82) is 0 Å². The number of nitrogens with one attached hydrogen (secondary N) is 1. The molecule has 0 aliphatic carbocycles. The summed E-state index contributed by atoms with van der Waals surface area (Å²) in [5.41, 5.74) is 9.56. The van der Waals surface area contributed by atoms with E-state index in [4.69, 9.17) is 5.73 Å². The molecular formula is C23H30ClN3O2. The highest BCUT2D eigenvalue weighted by molar-refractivity contribution is 5.96. The molecule has 1 aliphatic heterocycles. The normalized spacial score (nSPS) is 14.4. The topological polar surface area (TPSA) is 75.4 Å². The average molecular weight is 416 g/mol. The number of hydrogen-bond acceptors (Lipinski definition) is 3. The summed E-state index contributed by atoms with van der Waals surface area (Å²) in [7, 11) is 0. The number of benzene rings is 2. The number of nitrogens with two attached hydrogens (primary N) is 1. The predicted molar refractivity (Wildman–Crippen MR) is 121 cm³/mol. The number of anilines is 2. The quantitative estimate of drug-likeness (QED) is 0.794. The molecule has 5 nitrogen and oxygen atoms in total. The molecule has 0 bridgehead atoms. The second kappa shape index (κ2) is 9.42. The molecule has 3 N–H and O–H groups in total. The van der Waals surface area contributed by atoms with Crippen LogP contribution in [0.25, 0.3) is 0 Å². The largest absolute Gasteiger partial charge is 0.325 e. The number of halogens is 1. The van der Waals surface area contributed by atoms with E-state index >= 15 is 0 Å². The van der Waals surface area contributed by atoms with Gasteiger partial charge in [0, 0.05) is 17.9 Å². The first-order valence-electron chi connectivity index (χ1n) is 9.79. The fourth-order valence-electron chi connectivity index (χ4n) is 3.38. The van der Waals surface area contributed by atoms with Gasteiger partial charge in [-0.15, -0.1) is 12.4 Å². The van der Waals surface area contributed by atoms with E-state index in [0.717, 1.165) is 30.6 Å². The number of aryl methyl sites for hydroxylation is 1. The molecule has 2 amide bonds. The minimum atomic E-state index is -0.590. The number of hydrogen-bond donors (Lipinski definition) is 2. The van der Waals surface area contributed by atoms with E-state index in [1.165, 1.54) is 5.56 Å². The van der Waals surface area contributed by atoms with Crippen LogP contribution in [0.5, 0.6) is 0 Å². The van der Waals surface area contributed by atoms with Crippen molar-refractivity contribution in [3.05, 3.63) is 59.7 Å². The fraction of sp³-hybridized carbons (Fsp3) is 0.391. The Morgan fingerprint density at radius 3 is 2.41 bits per heavy atom. The van der Waals surface area contributed by atoms with E-state index in [9.17, 15) is 9.59 Å². The predicted octanol–water partition coefficient (Wildman–Crippen LogP) is 3.94. The van der Waals surface area contributed by atoms with Crippen molar-refractivity contribution < 1.29 is 9.59 Å². The molecule has 0 fully saturated rings. The van der Waals surface area contributed by atoms with Gasteiger partial charge in [0.1, 0.15) is 0 Å². The Labute approximate surface area is 179 Å². The Bertz CT molecular complexity index is 859. The van der Waals surface area contributed by atoms with Gasteiger partial charge < -0.3 is 16.0 Å². The fourth-order valence-corrected chi connectivity index (χ4v) is 3.38. The molecule has 29 heavy (non-hydrogen) atoms. The first-order valence-corrected chi connectivity index (χ1v) is 9.79. The highest BCUT2D eigenvalue weighted by Crippen LogP contribution is 2.27. The first kappa shape index (κ1) is 22.9. The zero-order valence-corrected chi connectivity index (χ0v) is 18.1. The molecule has 6 heteroatoms. The van der Waals surface area contributed by atoms with Gasteiger partial charge in [-0.2, -0.15) is 0 Å². The van der Waals surface area contributed by atoms with Crippen LogP contribution in [0.3, 0.4) is 0 Å². The molecule has 1 aliphatic rings. The minimum Gasteiger partial charge on any atom is -0.325 e. The SMILES string of the molecule is CC(C)(C)[C@H](N)C(=O)Nc1ccc(CC(=O)N2CCCc3ccccc32)cc1.Cl. The van der Waals surface area contributed by atoms with Crippen molar-refractivity contribution in [2.75, 3.05) is 16.8 Å². The van der Waals surface area contributed by atoms with Crippen molar-refractivity contribution in [1.82, 2.24) is 0 Å². The van der Waals surface area contributed by atoms with E-state index in [-0.39, 0.29) is 29.6 Å². The molecule has 1 atom stereocenters. The average Bonchev–Trinajstić information content (AvgIpc) is 2.67. The third-order valence-corrected chi connectivity index (χ3v) is 5.20. The van der Waals surface area contributed by atoms with Gasteiger partial charge in [-0.05, 0) is 47.6 Å². The third kappa shape index (κ3) is 5.58. The van der Waals surface area contributed by atoms with Crippen LogP contribution in [-0.2, 0) is 22.4 Å². The molecule has 3 rings (SSSR count). The summed E-state index contributed by atoms with van der Waals surface area (Å²) in [6.45, 7) is 6.56. The Morgan fingerprint density at radius 1 is 1.10 bits per heavy atom. The second-order valence-corrected chi connectivity index (χ2v) is 8.48. The van der Waals surface area contributed by atoms with Gasteiger partial charge in [-0.1, -0.05) is 51.1 Å². The van der Waals surface area contributed by atoms with Crippen LogP contribution < -0.4 is 16.0 Å². The minimum absolute atomic E-state index is 0. The van der Waals surface area contributed by atoms with E-state index in [1.807, 2.05) is 68.1 Å². The zero-order valence-electron chi connectivity index (χ0n) is 17.3. The summed E-state index contributed by atoms with van der Waals surface area (Å²) >= 11 is 0. The molecular weight excluding hydrogens is 386 g/mol. The van der Waals surface area contributed by atoms with Crippen LogP contribution in [-0.4, -0.2) is 24.4 Å². The van der Waals surface area contributed by atoms with E-state index in [1.54, 1.807) is 0 Å². The van der Waals surface area contributed by atoms with Crippen LogP contribution in [0.2, 0.25) is 0 Å². The lowest BCUT2D eigenvalue weighted by Gasteiger charge is -2.29. The lowest BCUT2D eigenvalue weighted by atomic mass is 9.87. The monoisotopic (exact) mass is 415 g/mol. The van der Waals surface area contributed by atoms with Gasteiger partial charge in [0.05, 0.1) is 12.5 Å². The maximum Gasteiger partial charge on any atom is 0.241 e. The highest BCUT2D eigenvalue weighted by Gasteiger charge is 2.27. The summed E-state index contributed by atoms with van der Waals surface area (Å²) in [5.74, 6) is -0.111. The van der Waals surface area contributed by atoms with Crippen LogP contribution >= 0.6 is 12.4 Å². The molecule has 2 aromatic rings. The van der Waals surface area contributed by atoms with Crippen molar-refractivity contribution in [2.24, 2.45) is 11.1 Å². The first-order chi connectivity index (χ1) is 13.3. The van der Waals surface area contributed by atoms with Crippen molar-refractivity contribution in [3.63, 3.8) is 0 Å². The van der Waals surface area contributed by atoms with Crippen LogP contribution in [0, 0.1) is 5.41 Å². The molecule has 1 heterocycles. The van der Waals surface area contributed by atoms with Crippen LogP contribution in [0.15, 0.2) is 48.5 Å². The Hall–Kier alpha value is -2.37. The van der Waals surface area contributed by atoms with Gasteiger partial charge in [0.15, 0.2) is 0 Å². The number of carbonyl (C=O) groups is 2. The summed E-state index contributed by atoms with van der Waals surface area (Å²) in [4.78, 5) is 27.0. The lowest BCUT2D eigenvalue weighted by molar-refractivity contribution is -0.119. The summed E-state index contributed by atoms with van der Waals surface area (Å²) in [5, 5.41) is 2.85. The maximum absolute atomic E-state index is 12.8. The molecule has 0 saturated carbocycles. The van der Waals surface area contributed by atoms with Gasteiger partial charge in [0.25, 0.3) is 0 Å². The molecule has 0 unspecified atom stereocenters. The summed E-state index contributed by atoms with van der Waals surface area (Å²) in [6.07, 6.45) is 2.34. The molecule has 0 aromatic heterocycles. The maximum atomic E-state index is 12.8. The molecule has 156 valence electrons. The number of amides is 2. The van der Waals surface area contributed by atoms with Gasteiger partial charge in [0.2, 0.25) is 11.8 Å². The number of fused-ring (bicyclic) bond motifs is 1. The standard InChI is InChI=1S/C23H29N3O2.ClH/c1-23(2,3)21(24)22(28)25-18-12-10-16(11-13-18)15-20(27)26-14-6-8-17-7-4-5-9-19(17)26;/h4-5,7,9-13,21H,6,8,14-15,24H2,1-3H3,(H,25,28);1H/t21-;/m1./s1. The number of rotatable bonds is 4. The van der Waals surface area contributed by atoms with Crippen LogP contribution in [0.1, 0.15) is 38.3 Å². The highest BCUT2D eigenvalue weighted by atomic mass is 35.5. The Morgan fingerprint density at radius 2 is 1.76 bits per heavy atom. The Balaban J connectivity index is 0.00000300. The molecule has 0 radical (unpaired) electrons. The molecule has 0 spiro atoms. The van der Waals surface area contributed by atoms with E-state index in [2.05, 4.69) is 11.4 Å². The van der Waals surface area contributed by atoms with Gasteiger partial charge >= 0.3 is 0 Å². The lowest BCUT2D eigenvalue weighted by Crippen LogP contribution is -2.45. The number of nitrogens with zero attached hydrogens (tertiary/aromatic N) is 1. The second-order valence-electron chi connectivity index (χ2n) is 8.48. The molecule has 0 saturated heterocycles. The third-order valence-electron chi connectivity index (χ3n) is 5.20. The zero-order chi connectivity index (χ0) is 20.3. The molecule has 2 aromatic carbocycles. The van der Waals surface area contributed by atoms with E-state index in [0.29, 0.717) is 12.1 Å². The number of para-hydroxylation sites is 1. The van der Waals surface area contributed by atoms with Crippen molar-refractivity contribution in [3.8, 4) is 0 Å². The Kier molecular flexibility index (Phi) is 7.44. The smallest absolute Gasteiger partial charge is 0.241 e. The van der Waals surface area contributed by atoms with Crippen molar-refractivity contribution >= 4 is 35.6 Å². The number of carbonyl (C=O) groups excluding carboxylic acids is 2. The van der Waals surface area contributed by atoms with Gasteiger partial charge in [-0.3, -0.25) is 9.59 Å². The van der Waals surface area contributed by atoms with Gasteiger partial charge in [-0.25, -0.2) is 0 Å².